The molecule has 2 N–H and O–H groups in total. The van der Waals surface area contributed by atoms with Crippen LogP contribution in [0.15, 0.2) is 24.5 Å². The summed E-state index contributed by atoms with van der Waals surface area (Å²) in [6.07, 6.45) is 6.10. The number of nitrogens with one attached hydrogen (secondary N) is 2. The Morgan fingerprint density at radius 2 is 1.86 bits per heavy atom. The van der Waals surface area contributed by atoms with E-state index < -0.39 is 0 Å². The minimum atomic E-state index is -0.136. The largest absolute Gasteiger partial charge is 0.371 e. The van der Waals surface area contributed by atoms with Crippen LogP contribution in [-0.2, 0) is 9.59 Å². The van der Waals surface area contributed by atoms with Crippen molar-refractivity contribution in [2.24, 2.45) is 5.92 Å². The molecule has 1 fully saturated rings. The monoisotopic (exact) mass is 304 g/mol. The van der Waals surface area contributed by atoms with Crippen LogP contribution >= 0.6 is 0 Å². The highest BCUT2D eigenvalue weighted by Crippen LogP contribution is 2.24. The molecule has 22 heavy (non-hydrogen) atoms. The summed E-state index contributed by atoms with van der Waals surface area (Å²) in [5, 5.41) is 5.35. The predicted octanol–water partition coefficient (Wildman–Crippen LogP) is 0.940. The molecule has 0 unspecified atom stereocenters. The molecule has 0 bridgehead atoms. The number of carbonyl (C=O) groups is 2. The number of amides is 2. The van der Waals surface area contributed by atoms with E-state index in [4.69, 9.17) is 0 Å². The third kappa shape index (κ3) is 5.02. The fraction of sp³-hybridized carbons (Fsp3) is 0.562. The predicted molar refractivity (Wildman–Crippen MR) is 85.5 cm³/mol. The van der Waals surface area contributed by atoms with Crippen LogP contribution in [0.3, 0.4) is 0 Å². The molecule has 0 saturated carbocycles. The molecule has 2 amide bonds. The zero-order valence-electron chi connectivity index (χ0n) is 13.0. The van der Waals surface area contributed by atoms with Crippen molar-refractivity contribution in [3.05, 3.63) is 24.5 Å². The number of anilines is 1. The first-order chi connectivity index (χ1) is 10.7. The van der Waals surface area contributed by atoms with E-state index in [2.05, 4.69) is 20.5 Å². The number of pyridine rings is 1. The lowest BCUT2D eigenvalue weighted by Gasteiger charge is -2.33. The van der Waals surface area contributed by atoms with Gasteiger partial charge in [0.05, 0.1) is 6.54 Å². The van der Waals surface area contributed by atoms with Gasteiger partial charge in [0.25, 0.3) is 0 Å². The molecule has 1 aromatic rings. The summed E-state index contributed by atoms with van der Waals surface area (Å²) in [7, 11) is 0. The van der Waals surface area contributed by atoms with Gasteiger partial charge in [0.2, 0.25) is 11.8 Å². The van der Waals surface area contributed by atoms with Gasteiger partial charge < -0.3 is 15.5 Å². The Bertz CT molecular complexity index is 484. The molecule has 1 aliphatic rings. The summed E-state index contributed by atoms with van der Waals surface area (Å²) in [4.78, 5) is 29.5. The molecule has 1 aliphatic heterocycles. The van der Waals surface area contributed by atoms with Crippen molar-refractivity contribution >= 4 is 17.5 Å². The number of nitrogens with zero attached hydrogens (tertiary/aromatic N) is 2. The lowest BCUT2D eigenvalue weighted by Crippen LogP contribution is -2.39. The SMILES string of the molecule is CCNC(=O)CNC(=O)CC1CCN(c2ccncc2)CC1. The molecule has 0 aromatic carbocycles. The van der Waals surface area contributed by atoms with Crippen LogP contribution < -0.4 is 15.5 Å². The highest BCUT2D eigenvalue weighted by molar-refractivity contribution is 5.84. The van der Waals surface area contributed by atoms with Gasteiger partial charge >= 0.3 is 0 Å². The number of aromatic nitrogens is 1. The third-order valence-electron chi connectivity index (χ3n) is 3.94. The van der Waals surface area contributed by atoms with E-state index in [1.54, 1.807) is 12.4 Å². The van der Waals surface area contributed by atoms with Crippen molar-refractivity contribution < 1.29 is 9.59 Å². The maximum Gasteiger partial charge on any atom is 0.239 e. The molecule has 6 nitrogen and oxygen atoms in total. The second-order valence-electron chi connectivity index (χ2n) is 5.57. The third-order valence-corrected chi connectivity index (χ3v) is 3.94. The van der Waals surface area contributed by atoms with Gasteiger partial charge in [0.15, 0.2) is 0 Å². The quantitative estimate of drug-likeness (QED) is 0.820. The molecule has 0 atom stereocenters. The summed E-state index contributed by atoms with van der Waals surface area (Å²) < 4.78 is 0. The van der Waals surface area contributed by atoms with E-state index in [0.29, 0.717) is 18.9 Å². The molecular formula is C16H24N4O2. The van der Waals surface area contributed by atoms with Gasteiger partial charge in [0, 0.05) is 44.1 Å². The van der Waals surface area contributed by atoms with Gasteiger partial charge in [-0.2, -0.15) is 0 Å². The Morgan fingerprint density at radius 3 is 2.50 bits per heavy atom. The molecule has 1 aromatic heterocycles. The summed E-state index contributed by atoms with van der Waals surface area (Å²) >= 11 is 0. The van der Waals surface area contributed by atoms with Gasteiger partial charge in [-0.25, -0.2) is 0 Å². The fourth-order valence-electron chi connectivity index (χ4n) is 2.72. The Morgan fingerprint density at radius 1 is 1.18 bits per heavy atom. The van der Waals surface area contributed by atoms with E-state index in [-0.39, 0.29) is 18.4 Å². The minimum Gasteiger partial charge on any atom is -0.371 e. The van der Waals surface area contributed by atoms with Crippen LogP contribution in [0.5, 0.6) is 0 Å². The molecule has 120 valence electrons. The Kier molecular flexibility index (Phi) is 6.18. The first kappa shape index (κ1) is 16.3. The zero-order chi connectivity index (χ0) is 15.8. The van der Waals surface area contributed by atoms with Gasteiger partial charge in [-0.1, -0.05) is 0 Å². The molecule has 0 spiro atoms. The lowest BCUT2D eigenvalue weighted by atomic mass is 9.93. The molecule has 6 heteroatoms. The number of carbonyl (C=O) groups excluding carboxylic acids is 2. The van der Waals surface area contributed by atoms with Crippen LogP contribution in [0.2, 0.25) is 0 Å². The van der Waals surface area contributed by atoms with Crippen LogP contribution in [0, 0.1) is 5.92 Å². The fourth-order valence-corrected chi connectivity index (χ4v) is 2.72. The number of piperidine rings is 1. The van der Waals surface area contributed by atoms with Crippen molar-refractivity contribution in [1.82, 2.24) is 15.6 Å². The maximum atomic E-state index is 11.9. The van der Waals surface area contributed by atoms with Crippen molar-refractivity contribution in [3.8, 4) is 0 Å². The normalized spacial score (nSPS) is 15.4. The molecule has 2 rings (SSSR count). The average molecular weight is 304 g/mol. The Labute approximate surface area is 131 Å². The number of likely N-dealkylation sites (N-methyl/N-ethyl adjacent to an activating group) is 1. The number of rotatable bonds is 6. The van der Waals surface area contributed by atoms with E-state index in [1.165, 1.54) is 5.69 Å². The van der Waals surface area contributed by atoms with Crippen molar-refractivity contribution in [2.45, 2.75) is 26.2 Å². The first-order valence-corrected chi connectivity index (χ1v) is 7.87. The van der Waals surface area contributed by atoms with Crippen LogP contribution in [0.4, 0.5) is 5.69 Å². The summed E-state index contributed by atoms with van der Waals surface area (Å²) in [5.41, 5.74) is 1.19. The van der Waals surface area contributed by atoms with Crippen molar-refractivity contribution in [2.75, 3.05) is 31.1 Å². The average Bonchev–Trinajstić information content (AvgIpc) is 2.55. The van der Waals surface area contributed by atoms with Crippen LogP contribution in [0.25, 0.3) is 0 Å². The van der Waals surface area contributed by atoms with Crippen molar-refractivity contribution in [1.29, 1.82) is 0 Å². The van der Waals surface area contributed by atoms with Crippen molar-refractivity contribution in [3.63, 3.8) is 0 Å². The van der Waals surface area contributed by atoms with E-state index in [1.807, 2.05) is 19.1 Å². The second kappa shape index (κ2) is 8.36. The Hall–Kier alpha value is -2.11. The van der Waals surface area contributed by atoms with E-state index in [9.17, 15) is 9.59 Å². The van der Waals surface area contributed by atoms with Crippen LogP contribution in [0.1, 0.15) is 26.2 Å². The first-order valence-electron chi connectivity index (χ1n) is 7.87. The molecule has 0 radical (unpaired) electrons. The molecule has 1 saturated heterocycles. The number of hydrogen-bond acceptors (Lipinski definition) is 4. The maximum absolute atomic E-state index is 11.9. The van der Waals surface area contributed by atoms with Gasteiger partial charge in [-0.3, -0.25) is 14.6 Å². The molecule has 0 aliphatic carbocycles. The van der Waals surface area contributed by atoms with Gasteiger partial charge in [0.1, 0.15) is 0 Å². The van der Waals surface area contributed by atoms with Gasteiger partial charge in [-0.15, -0.1) is 0 Å². The van der Waals surface area contributed by atoms with Gasteiger partial charge in [-0.05, 0) is 37.8 Å². The molecule has 2 heterocycles. The molecular weight excluding hydrogens is 280 g/mol. The summed E-state index contributed by atoms with van der Waals surface area (Å²) in [6, 6.07) is 4.03. The number of hydrogen-bond donors (Lipinski definition) is 2. The summed E-state index contributed by atoms with van der Waals surface area (Å²) in [5.74, 6) is 0.226. The van der Waals surface area contributed by atoms with Crippen LogP contribution in [-0.4, -0.2) is 43.0 Å². The highest BCUT2D eigenvalue weighted by Gasteiger charge is 2.21. The topological polar surface area (TPSA) is 74.3 Å². The minimum absolute atomic E-state index is 0.0337. The summed E-state index contributed by atoms with van der Waals surface area (Å²) in [6.45, 7) is 4.43. The highest BCUT2D eigenvalue weighted by atomic mass is 16.2. The Balaban J connectivity index is 1.69. The second-order valence-corrected chi connectivity index (χ2v) is 5.57. The lowest BCUT2D eigenvalue weighted by molar-refractivity contribution is -0.126. The van der Waals surface area contributed by atoms with E-state index >= 15 is 0 Å². The zero-order valence-corrected chi connectivity index (χ0v) is 13.0. The standard InChI is InChI=1S/C16H24N4O2/c1-2-18-16(22)12-19-15(21)11-13-5-9-20(10-6-13)14-3-7-17-8-4-14/h3-4,7-8,13H,2,5-6,9-12H2,1H3,(H,18,22)(H,19,21). The smallest absolute Gasteiger partial charge is 0.239 e. The van der Waals surface area contributed by atoms with E-state index in [0.717, 1.165) is 25.9 Å².